The zero-order valence-corrected chi connectivity index (χ0v) is 10.6. The maximum Gasteiger partial charge on any atom is 0.133 e. The fourth-order valence-corrected chi connectivity index (χ4v) is 2.50. The Balaban J connectivity index is 1.52. The van der Waals surface area contributed by atoms with E-state index in [0.29, 0.717) is 0 Å². The van der Waals surface area contributed by atoms with Crippen molar-refractivity contribution in [3.63, 3.8) is 0 Å². The monoisotopic (exact) mass is 245 g/mol. The Hall–Kier alpha value is -1.32. The van der Waals surface area contributed by atoms with Gasteiger partial charge >= 0.3 is 0 Å². The molecule has 3 rings (SSSR count). The topological polar surface area (TPSA) is 25.6 Å². The molecule has 2 heterocycles. The number of benzene rings is 1. The van der Waals surface area contributed by atoms with Gasteiger partial charge in [0, 0.05) is 18.5 Å². The van der Waals surface area contributed by atoms with Crippen LogP contribution in [0.15, 0.2) is 34.9 Å². The van der Waals surface area contributed by atoms with E-state index in [-0.39, 0.29) is 0 Å². The molecule has 2 aromatic rings. The van der Waals surface area contributed by atoms with Crippen LogP contribution in [0.25, 0.3) is 11.0 Å². The van der Waals surface area contributed by atoms with Gasteiger partial charge in [0.2, 0.25) is 0 Å². The van der Waals surface area contributed by atoms with Gasteiger partial charge in [-0.3, -0.25) is 4.90 Å². The molecule has 3 heteroatoms. The van der Waals surface area contributed by atoms with E-state index in [1.54, 1.807) is 6.26 Å². The lowest BCUT2D eigenvalue weighted by Gasteiger charge is -2.26. The van der Waals surface area contributed by atoms with E-state index in [0.717, 1.165) is 38.3 Å². The van der Waals surface area contributed by atoms with Crippen molar-refractivity contribution in [2.45, 2.75) is 12.8 Å². The van der Waals surface area contributed by atoms with Crippen LogP contribution in [0, 0.1) is 0 Å². The minimum absolute atomic E-state index is 0.890. The smallest absolute Gasteiger partial charge is 0.133 e. The average Bonchev–Trinajstić information content (AvgIpc) is 2.87. The van der Waals surface area contributed by atoms with Crippen molar-refractivity contribution in [2.24, 2.45) is 0 Å². The average molecular weight is 245 g/mol. The highest BCUT2D eigenvalue weighted by Crippen LogP contribution is 2.17. The maximum atomic E-state index is 5.35. The predicted molar refractivity (Wildman–Crippen MR) is 71.8 cm³/mol. The molecule has 0 N–H and O–H groups in total. The fourth-order valence-electron chi connectivity index (χ4n) is 2.50. The van der Waals surface area contributed by atoms with E-state index in [1.165, 1.54) is 23.9 Å². The number of ether oxygens (including phenoxy) is 1. The molecule has 1 aromatic heterocycles. The molecule has 1 saturated heterocycles. The Kier molecular flexibility index (Phi) is 3.62. The van der Waals surface area contributed by atoms with E-state index in [9.17, 15) is 0 Å². The molecule has 1 aromatic carbocycles. The van der Waals surface area contributed by atoms with Crippen LogP contribution in [0.2, 0.25) is 0 Å². The van der Waals surface area contributed by atoms with Gasteiger partial charge in [0.05, 0.1) is 19.5 Å². The summed E-state index contributed by atoms with van der Waals surface area (Å²) in [7, 11) is 0. The largest absolute Gasteiger partial charge is 0.464 e. The highest BCUT2D eigenvalue weighted by Gasteiger charge is 2.09. The second-order valence-electron chi connectivity index (χ2n) is 4.85. The van der Waals surface area contributed by atoms with Gasteiger partial charge < -0.3 is 9.15 Å². The lowest BCUT2D eigenvalue weighted by molar-refractivity contribution is 0.0375. The molecule has 1 fully saturated rings. The second kappa shape index (κ2) is 5.55. The van der Waals surface area contributed by atoms with Crippen LogP contribution in [0.5, 0.6) is 0 Å². The SMILES string of the molecule is c1cc2cc(CCCN3CCOCC3)ccc2o1. The molecule has 18 heavy (non-hydrogen) atoms. The summed E-state index contributed by atoms with van der Waals surface area (Å²) in [5.74, 6) is 0. The van der Waals surface area contributed by atoms with E-state index in [1.807, 2.05) is 6.07 Å². The Labute approximate surface area is 107 Å². The van der Waals surface area contributed by atoms with E-state index in [4.69, 9.17) is 9.15 Å². The summed E-state index contributed by atoms with van der Waals surface area (Å²) in [6.07, 6.45) is 4.10. The molecule has 0 saturated carbocycles. The van der Waals surface area contributed by atoms with Crippen molar-refractivity contribution < 1.29 is 9.15 Å². The molecule has 0 amide bonds. The van der Waals surface area contributed by atoms with Crippen LogP contribution >= 0.6 is 0 Å². The number of hydrogen-bond donors (Lipinski definition) is 0. The third kappa shape index (κ3) is 2.74. The summed E-state index contributed by atoms with van der Waals surface area (Å²) in [5.41, 5.74) is 2.38. The van der Waals surface area contributed by atoms with Gasteiger partial charge in [-0.05, 0) is 43.1 Å². The van der Waals surface area contributed by atoms with Gasteiger partial charge in [-0.2, -0.15) is 0 Å². The van der Waals surface area contributed by atoms with Crippen LogP contribution in [0.1, 0.15) is 12.0 Å². The molecule has 1 aliphatic rings. The van der Waals surface area contributed by atoms with Crippen LogP contribution in [0.3, 0.4) is 0 Å². The number of nitrogens with zero attached hydrogens (tertiary/aromatic N) is 1. The summed E-state index contributed by atoms with van der Waals surface area (Å²) < 4.78 is 10.7. The number of furan rings is 1. The standard InChI is InChI=1S/C15H19NO2/c1(6-16-7-10-17-11-8-16)2-13-3-4-15-14(12-13)5-9-18-15/h3-5,9,12H,1-2,6-8,10-11H2. The third-order valence-corrected chi connectivity index (χ3v) is 3.56. The number of aryl methyl sites for hydroxylation is 1. The van der Waals surface area contributed by atoms with Crippen LogP contribution in [-0.4, -0.2) is 37.7 Å². The van der Waals surface area contributed by atoms with Crippen molar-refractivity contribution in [1.82, 2.24) is 4.90 Å². The Bertz CT molecular complexity index is 500. The first-order valence-electron chi connectivity index (χ1n) is 6.68. The number of rotatable bonds is 4. The van der Waals surface area contributed by atoms with Crippen LogP contribution in [-0.2, 0) is 11.2 Å². The molecular formula is C15H19NO2. The molecule has 1 aliphatic heterocycles. The molecule has 0 aliphatic carbocycles. The lowest BCUT2D eigenvalue weighted by Crippen LogP contribution is -2.36. The Morgan fingerprint density at radius 3 is 2.89 bits per heavy atom. The van der Waals surface area contributed by atoms with Crippen molar-refractivity contribution in [3.8, 4) is 0 Å². The normalized spacial score (nSPS) is 17.3. The van der Waals surface area contributed by atoms with Gasteiger partial charge in [-0.1, -0.05) is 6.07 Å². The first kappa shape index (κ1) is 11.8. The molecule has 0 atom stereocenters. The highest BCUT2D eigenvalue weighted by molar-refractivity contribution is 5.77. The second-order valence-corrected chi connectivity index (χ2v) is 4.85. The molecular weight excluding hydrogens is 226 g/mol. The van der Waals surface area contributed by atoms with E-state index < -0.39 is 0 Å². The zero-order valence-electron chi connectivity index (χ0n) is 10.6. The van der Waals surface area contributed by atoms with Crippen LogP contribution < -0.4 is 0 Å². The summed E-state index contributed by atoms with van der Waals surface area (Å²) in [6.45, 7) is 5.12. The number of morpholine rings is 1. The van der Waals surface area contributed by atoms with Crippen LogP contribution in [0.4, 0.5) is 0 Å². The summed E-state index contributed by atoms with van der Waals surface area (Å²) in [6, 6.07) is 8.50. The van der Waals surface area contributed by atoms with Gasteiger partial charge in [0.15, 0.2) is 0 Å². The summed E-state index contributed by atoms with van der Waals surface area (Å²) >= 11 is 0. The lowest BCUT2D eigenvalue weighted by atomic mass is 10.1. The predicted octanol–water partition coefficient (Wildman–Crippen LogP) is 2.70. The summed E-state index contributed by atoms with van der Waals surface area (Å²) in [4.78, 5) is 2.49. The number of hydrogen-bond acceptors (Lipinski definition) is 3. The molecule has 0 radical (unpaired) electrons. The van der Waals surface area contributed by atoms with Crippen molar-refractivity contribution in [2.75, 3.05) is 32.8 Å². The highest BCUT2D eigenvalue weighted by atomic mass is 16.5. The van der Waals surface area contributed by atoms with Gasteiger partial charge in [-0.25, -0.2) is 0 Å². The Morgan fingerprint density at radius 1 is 1.11 bits per heavy atom. The van der Waals surface area contributed by atoms with Crippen molar-refractivity contribution >= 4 is 11.0 Å². The molecule has 96 valence electrons. The first-order chi connectivity index (χ1) is 8.92. The van der Waals surface area contributed by atoms with Gasteiger partial charge in [0.25, 0.3) is 0 Å². The molecule has 0 bridgehead atoms. The minimum Gasteiger partial charge on any atom is -0.464 e. The van der Waals surface area contributed by atoms with E-state index >= 15 is 0 Å². The third-order valence-electron chi connectivity index (χ3n) is 3.56. The molecule has 3 nitrogen and oxygen atoms in total. The van der Waals surface area contributed by atoms with Gasteiger partial charge in [0.1, 0.15) is 5.58 Å². The van der Waals surface area contributed by atoms with E-state index in [2.05, 4.69) is 23.1 Å². The van der Waals surface area contributed by atoms with Gasteiger partial charge in [-0.15, -0.1) is 0 Å². The minimum atomic E-state index is 0.890. The Morgan fingerprint density at radius 2 is 2.00 bits per heavy atom. The number of fused-ring (bicyclic) bond motifs is 1. The molecule has 0 unspecified atom stereocenters. The zero-order chi connectivity index (χ0) is 12.2. The molecule has 0 spiro atoms. The van der Waals surface area contributed by atoms with Crippen molar-refractivity contribution in [3.05, 3.63) is 36.1 Å². The quantitative estimate of drug-likeness (QED) is 0.828. The van der Waals surface area contributed by atoms with Crippen molar-refractivity contribution in [1.29, 1.82) is 0 Å². The fraction of sp³-hybridized carbons (Fsp3) is 0.467. The first-order valence-corrected chi connectivity index (χ1v) is 6.68. The summed E-state index contributed by atoms with van der Waals surface area (Å²) in [5, 5.41) is 1.21. The maximum absolute atomic E-state index is 5.35.